The molecule has 1 amide bonds. The van der Waals surface area contributed by atoms with E-state index in [0.29, 0.717) is 59.2 Å². The smallest absolute Gasteiger partial charge is 0.257 e. The summed E-state index contributed by atoms with van der Waals surface area (Å²) in [5.41, 5.74) is 3.11. The van der Waals surface area contributed by atoms with E-state index in [1.54, 1.807) is 11.0 Å². The fourth-order valence-corrected chi connectivity index (χ4v) is 3.54. The number of halogens is 2. The van der Waals surface area contributed by atoms with Crippen molar-refractivity contribution in [3.8, 4) is 0 Å². The average Bonchev–Trinajstić information content (AvgIpc) is 2.70. The summed E-state index contributed by atoms with van der Waals surface area (Å²) in [6.45, 7) is 3.94. The second-order valence-electron chi connectivity index (χ2n) is 6.72. The number of pyridine rings is 1. The Labute approximate surface area is 167 Å². The van der Waals surface area contributed by atoms with Gasteiger partial charge in [-0.3, -0.25) is 9.78 Å². The minimum atomic E-state index is -0.400. The molecular weight excluding hydrogens is 381 g/mol. The molecule has 0 bridgehead atoms. The van der Waals surface area contributed by atoms with E-state index < -0.39 is 5.82 Å². The number of amides is 1. The molecule has 4 rings (SSSR count). The molecule has 0 aliphatic carbocycles. The third-order valence-corrected chi connectivity index (χ3v) is 5.06. The first kappa shape index (κ1) is 18.7. The van der Waals surface area contributed by atoms with Crippen molar-refractivity contribution in [2.75, 3.05) is 31.6 Å². The normalized spacial score (nSPS) is 14.3. The van der Waals surface area contributed by atoms with Crippen molar-refractivity contribution >= 4 is 39.8 Å². The number of morpholine rings is 1. The zero-order valence-electron chi connectivity index (χ0n) is 15.3. The fourth-order valence-electron chi connectivity index (χ4n) is 3.25. The third-order valence-electron chi connectivity index (χ3n) is 4.74. The van der Waals surface area contributed by atoms with Crippen molar-refractivity contribution < 1.29 is 13.9 Å². The van der Waals surface area contributed by atoms with Gasteiger partial charge in [0.2, 0.25) is 0 Å². The molecule has 144 valence electrons. The highest BCUT2D eigenvalue weighted by molar-refractivity contribution is 6.33. The minimum Gasteiger partial charge on any atom is -0.378 e. The molecule has 0 atom stereocenters. The number of aryl methyl sites for hydroxylation is 1. The molecule has 1 N–H and O–H groups in total. The summed E-state index contributed by atoms with van der Waals surface area (Å²) in [7, 11) is 0. The molecule has 0 spiro atoms. The number of hydrogen-bond acceptors (Lipinski definition) is 4. The van der Waals surface area contributed by atoms with E-state index >= 15 is 0 Å². The van der Waals surface area contributed by atoms with Gasteiger partial charge in [0.15, 0.2) is 0 Å². The zero-order chi connectivity index (χ0) is 19.7. The molecule has 3 aromatic rings. The quantitative estimate of drug-likeness (QED) is 0.702. The van der Waals surface area contributed by atoms with Crippen LogP contribution in [0.2, 0.25) is 5.02 Å². The van der Waals surface area contributed by atoms with E-state index in [0.717, 1.165) is 5.56 Å². The van der Waals surface area contributed by atoms with Crippen molar-refractivity contribution in [1.29, 1.82) is 0 Å². The Morgan fingerprint density at radius 3 is 2.75 bits per heavy atom. The lowest BCUT2D eigenvalue weighted by Crippen LogP contribution is -2.41. The van der Waals surface area contributed by atoms with Crippen molar-refractivity contribution in [2.45, 2.75) is 6.92 Å². The van der Waals surface area contributed by atoms with E-state index in [4.69, 9.17) is 16.3 Å². The van der Waals surface area contributed by atoms with Crippen LogP contribution in [-0.4, -0.2) is 42.1 Å². The van der Waals surface area contributed by atoms with Crippen molar-refractivity contribution in [1.82, 2.24) is 9.88 Å². The number of aromatic nitrogens is 1. The maximum atomic E-state index is 14.0. The number of rotatable bonds is 3. The van der Waals surface area contributed by atoms with Gasteiger partial charge in [0.05, 0.1) is 40.7 Å². The van der Waals surface area contributed by atoms with Gasteiger partial charge >= 0.3 is 0 Å². The van der Waals surface area contributed by atoms with E-state index in [-0.39, 0.29) is 5.91 Å². The highest BCUT2D eigenvalue weighted by atomic mass is 35.5. The zero-order valence-corrected chi connectivity index (χ0v) is 16.1. The maximum absolute atomic E-state index is 14.0. The van der Waals surface area contributed by atoms with Crippen LogP contribution in [0.15, 0.2) is 42.6 Å². The van der Waals surface area contributed by atoms with Crippen LogP contribution in [0.4, 0.5) is 15.8 Å². The number of ether oxygens (including phenoxy) is 1. The molecule has 1 fully saturated rings. The summed E-state index contributed by atoms with van der Waals surface area (Å²) in [4.78, 5) is 19.2. The predicted molar refractivity (Wildman–Crippen MR) is 108 cm³/mol. The molecule has 5 nitrogen and oxygen atoms in total. The third kappa shape index (κ3) is 3.66. The molecule has 0 radical (unpaired) electrons. The maximum Gasteiger partial charge on any atom is 0.257 e. The van der Waals surface area contributed by atoms with E-state index in [9.17, 15) is 9.18 Å². The van der Waals surface area contributed by atoms with Gasteiger partial charge in [0.25, 0.3) is 5.91 Å². The predicted octanol–water partition coefficient (Wildman–Crippen LogP) is 4.55. The molecule has 2 aromatic carbocycles. The topological polar surface area (TPSA) is 54.5 Å². The Balaban J connectivity index is 1.84. The lowest BCUT2D eigenvalue weighted by molar-refractivity contribution is 0.0303. The highest BCUT2D eigenvalue weighted by Gasteiger charge is 2.23. The number of carbonyl (C=O) groups excluding carboxylic acids is 1. The number of nitrogens with zero attached hydrogens (tertiary/aromatic N) is 2. The number of carbonyl (C=O) groups is 1. The second kappa shape index (κ2) is 7.73. The van der Waals surface area contributed by atoms with Crippen LogP contribution < -0.4 is 5.32 Å². The monoisotopic (exact) mass is 399 g/mol. The average molecular weight is 400 g/mol. The second-order valence-corrected chi connectivity index (χ2v) is 7.13. The lowest BCUT2D eigenvalue weighted by atomic mass is 10.1. The van der Waals surface area contributed by atoms with Gasteiger partial charge in [-0.2, -0.15) is 0 Å². The first-order valence-electron chi connectivity index (χ1n) is 9.01. The molecule has 0 saturated carbocycles. The van der Waals surface area contributed by atoms with E-state index in [1.165, 1.54) is 18.3 Å². The number of hydrogen-bond donors (Lipinski definition) is 1. The van der Waals surface area contributed by atoms with Gasteiger partial charge in [-0.15, -0.1) is 0 Å². The summed E-state index contributed by atoms with van der Waals surface area (Å²) < 4.78 is 19.3. The van der Waals surface area contributed by atoms with E-state index in [1.807, 2.05) is 25.1 Å². The first-order valence-corrected chi connectivity index (χ1v) is 9.39. The van der Waals surface area contributed by atoms with Gasteiger partial charge < -0.3 is 15.0 Å². The SMILES string of the molecule is Cc1ccc(Nc2c(C(=O)N3CCOCC3)cnc3ccc(F)cc23)c(Cl)c1. The molecule has 1 saturated heterocycles. The Kier molecular flexibility index (Phi) is 5.15. The summed E-state index contributed by atoms with van der Waals surface area (Å²) >= 11 is 6.38. The van der Waals surface area contributed by atoms with Gasteiger partial charge in [-0.1, -0.05) is 17.7 Å². The van der Waals surface area contributed by atoms with Gasteiger partial charge in [0, 0.05) is 24.7 Å². The molecule has 1 aliphatic heterocycles. The summed E-state index contributed by atoms with van der Waals surface area (Å²) in [6.07, 6.45) is 1.53. The standard InChI is InChI=1S/C21H19ClFN3O2/c1-13-2-4-19(17(22)10-13)25-20-15-11-14(23)3-5-18(15)24-12-16(20)21(27)26-6-8-28-9-7-26/h2-5,10-12H,6-9H2,1H3,(H,24,25). The Morgan fingerprint density at radius 1 is 1.21 bits per heavy atom. The molecule has 28 heavy (non-hydrogen) atoms. The highest BCUT2D eigenvalue weighted by Crippen LogP contribution is 2.33. The van der Waals surface area contributed by atoms with Gasteiger partial charge in [0.1, 0.15) is 5.82 Å². The number of fused-ring (bicyclic) bond motifs is 1. The van der Waals surface area contributed by atoms with Crippen LogP contribution in [0.5, 0.6) is 0 Å². The van der Waals surface area contributed by atoms with Crippen LogP contribution in [0.3, 0.4) is 0 Å². The minimum absolute atomic E-state index is 0.173. The molecule has 2 heterocycles. The summed E-state index contributed by atoms with van der Waals surface area (Å²) in [5.74, 6) is -0.573. The fraction of sp³-hybridized carbons (Fsp3) is 0.238. The van der Waals surface area contributed by atoms with Gasteiger partial charge in [-0.05, 0) is 42.8 Å². The Morgan fingerprint density at radius 2 is 2.00 bits per heavy atom. The van der Waals surface area contributed by atoms with Crippen LogP contribution in [0.25, 0.3) is 10.9 Å². The van der Waals surface area contributed by atoms with Crippen LogP contribution in [0.1, 0.15) is 15.9 Å². The molecule has 0 unspecified atom stereocenters. The van der Waals surface area contributed by atoms with Crippen LogP contribution in [0, 0.1) is 12.7 Å². The van der Waals surface area contributed by atoms with Crippen LogP contribution in [-0.2, 0) is 4.74 Å². The largest absolute Gasteiger partial charge is 0.378 e. The van der Waals surface area contributed by atoms with E-state index in [2.05, 4.69) is 10.3 Å². The Hall–Kier alpha value is -2.70. The van der Waals surface area contributed by atoms with Crippen molar-refractivity contribution in [3.63, 3.8) is 0 Å². The molecule has 1 aromatic heterocycles. The number of benzene rings is 2. The van der Waals surface area contributed by atoms with Gasteiger partial charge in [-0.25, -0.2) is 4.39 Å². The molecule has 7 heteroatoms. The first-order chi connectivity index (χ1) is 13.5. The summed E-state index contributed by atoms with van der Waals surface area (Å²) in [5, 5.41) is 4.28. The lowest BCUT2D eigenvalue weighted by Gasteiger charge is -2.28. The molecular formula is C21H19ClFN3O2. The van der Waals surface area contributed by atoms with Crippen LogP contribution >= 0.6 is 11.6 Å². The van der Waals surface area contributed by atoms with Crippen molar-refractivity contribution in [2.24, 2.45) is 0 Å². The molecule has 1 aliphatic rings. The number of nitrogens with one attached hydrogen (secondary N) is 1. The Bertz CT molecular complexity index is 1050. The number of anilines is 2. The van der Waals surface area contributed by atoms with Crippen molar-refractivity contribution in [3.05, 3.63) is 64.6 Å². The summed E-state index contributed by atoms with van der Waals surface area (Å²) in [6, 6.07) is 9.91.